The van der Waals surface area contributed by atoms with Crippen LogP contribution >= 0.6 is 0 Å². The SMILES string of the molecule is Nc1c(N=Nc2ccc(Cc3ccc(N=Nc4cc(S(=O)(=O)O)cc(S(=O)(=O)O)c4N)c(C(=O)O)c3)cc2C(=O)O)cc(S(=O)(=O)O)cc1S(=O)(=O)O. The molecular formula is C27H22N6O16S4. The molecule has 0 aromatic heterocycles. The summed E-state index contributed by atoms with van der Waals surface area (Å²) in [6, 6.07) is 9.16. The van der Waals surface area contributed by atoms with Gasteiger partial charge in [-0.3, -0.25) is 18.2 Å². The van der Waals surface area contributed by atoms with Crippen LogP contribution in [0.3, 0.4) is 0 Å². The van der Waals surface area contributed by atoms with E-state index >= 15 is 0 Å². The molecule has 0 radical (unpaired) electrons. The average Bonchev–Trinajstić information content (AvgIpc) is 3.02. The van der Waals surface area contributed by atoms with Gasteiger partial charge < -0.3 is 21.7 Å². The zero-order valence-electron chi connectivity index (χ0n) is 25.8. The summed E-state index contributed by atoms with van der Waals surface area (Å²) in [6.07, 6.45) is -0.114. The molecule has 0 saturated carbocycles. The highest BCUT2D eigenvalue weighted by Gasteiger charge is 2.25. The molecular weight excluding hydrogens is 793 g/mol. The van der Waals surface area contributed by atoms with Crippen molar-refractivity contribution in [2.45, 2.75) is 26.0 Å². The van der Waals surface area contributed by atoms with Crippen LogP contribution in [0.25, 0.3) is 0 Å². The smallest absolute Gasteiger partial charge is 0.337 e. The fourth-order valence-corrected chi connectivity index (χ4v) is 6.94. The third-order valence-corrected chi connectivity index (χ3v) is 10.3. The van der Waals surface area contributed by atoms with Crippen molar-refractivity contribution < 1.29 is 71.7 Å². The molecule has 0 fully saturated rings. The summed E-state index contributed by atoms with van der Waals surface area (Å²) >= 11 is 0. The zero-order valence-corrected chi connectivity index (χ0v) is 29.1. The molecule has 4 aromatic rings. The molecule has 0 unspecified atom stereocenters. The molecule has 0 heterocycles. The predicted octanol–water partition coefficient (Wildman–Crippen LogP) is 3.66. The second kappa shape index (κ2) is 14.4. The lowest BCUT2D eigenvalue weighted by molar-refractivity contribution is 0.0687. The first kappa shape index (κ1) is 40.0. The van der Waals surface area contributed by atoms with Crippen LogP contribution in [0.15, 0.2) is 101 Å². The maximum atomic E-state index is 12.1. The molecule has 280 valence electrons. The molecule has 10 N–H and O–H groups in total. The Morgan fingerprint density at radius 2 is 0.811 bits per heavy atom. The normalized spacial score (nSPS) is 12.8. The van der Waals surface area contributed by atoms with Gasteiger partial charge in [-0.2, -0.15) is 33.7 Å². The Hall–Kier alpha value is -5.74. The number of nitrogen functional groups attached to an aromatic ring is 2. The fraction of sp³-hybridized carbons (Fsp3) is 0.0370. The number of carbonyl (C=O) groups is 2. The average molecular weight is 815 g/mol. The van der Waals surface area contributed by atoms with E-state index in [4.69, 9.17) is 11.5 Å². The van der Waals surface area contributed by atoms with Crippen LogP contribution in [0.2, 0.25) is 0 Å². The number of nitrogens with two attached hydrogens (primary N) is 2. The number of carboxylic acid groups (broad SMARTS) is 2. The van der Waals surface area contributed by atoms with Crippen LogP contribution in [0.5, 0.6) is 0 Å². The minimum Gasteiger partial charge on any atom is -0.478 e. The number of benzene rings is 4. The van der Waals surface area contributed by atoms with Crippen molar-refractivity contribution in [3.8, 4) is 0 Å². The monoisotopic (exact) mass is 814 g/mol. The van der Waals surface area contributed by atoms with Crippen molar-refractivity contribution in [2.24, 2.45) is 20.5 Å². The lowest BCUT2D eigenvalue weighted by Crippen LogP contribution is -2.07. The van der Waals surface area contributed by atoms with Crippen LogP contribution in [0.1, 0.15) is 31.8 Å². The van der Waals surface area contributed by atoms with E-state index in [1.54, 1.807) is 0 Å². The number of aromatic carboxylic acids is 2. The Labute approximate surface area is 298 Å². The number of anilines is 2. The number of carboxylic acids is 2. The van der Waals surface area contributed by atoms with Gasteiger partial charge in [0.25, 0.3) is 40.5 Å². The summed E-state index contributed by atoms with van der Waals surface area (Å²) in [5, 5.41) is 34.2. The van der Waals surface area contributed by atoms with Crippen LogP contribution in [-0.4, -0.2) is 74.0 Å². The lowest BCUT2D eigenvalue weighted by atomic mass is 9.99. The highest BCUT2D eigenvalue weighted by Crippen LogP contribution is 2.36. The van der Waals surface area contributed by atoms with Crippen LogP contribution < -0.4 is 11.5 Å². The summed E-state index contributed by atoms with van der Waals surface area (Å²) in [5.41, 5.74) is 7.26. The lowest BCUT2D eigenvalue weighted by Gasteiger charge is -2.09. The van der Waals surface area contributed by atoms with Crippen molar-refractivity contribution in [1.82, 2.24) is 0 Å². The molecule has 4 rings (SSSR count). The maximum Gasteiger partial charge on any atom is 0.337 e. The highest BCUT2D eigenvalue weighted by molar-refractivity contribution is 7.87. The van der Waals surface area contributed by atoms with Crippen molar-refractivity contribution >= 4 is 86.5 Å². The van der Waals surface area contributed by atoms with Crippen LogP contribution in [0, 0.1) is 0 Å². The van der Waals surface area contributed by atoms with E-state index in [1.165, 1.54) is 12.1 Å². The van der Waals surface area contributed by atoms with E-state index in [0.717, 1.165) is 24.3 Å². The van der Waals surface area contributed by atoms with Crippen molar-refractivity contribution in [2.75, 3.05) is 11.5 Å². The van der Waals surface area contributed by atoms with E-state index in [9.17, 15) is 71.7 Å². The van der Waals surface area contributed by atoms with E-state index in [-0.39, 0.29) is 28.9 Å². The van der Waals surface area contributed by atoms with Crippen molar-refractivity contribution in [3.63, 3.8) is 0 Å². The number of hydrogen-bond acceptors (Lipinski definition) is 16. The largest absolute Gasteiger partial charge is 0.478 e. The Kier molecular flexibility index (Phi) is 10.8. The van der Waals surface area contributed by atoms with Gasteiger partial charge in [0.1, 0.15) is 32.5 Å². The number of nitrogens with zero attached hydrogens (tertiary/aromatic N) is 4. The summed E-state index contributed by atoms with van der Waals surface area (Å²) in [7, 11) is -20.3. The molecule has 0 saturated heterocycles. The van der Waals surface area contributed by atoms with Gasteiger partial charge in [0.2, 0.25) is 0 Å². The van der Waals surface area contributed by atoms with Gasteiger partial charge in [-0.05, 0) is 66.1 Å². The summed E-state index contributed by atoms with van der Waals surface area (Å²) in [5.74, 6) is -3.09. The highest BCUT2D eigenvalue weighted by atomic mass is 32.2. The van der Waals surface area contributed by atoms with E-state index in [2.05, 4.69) is 20.5 Å². The van der Waals surface area contributed by atoms with Gasteiger partial charge >= 0.3 is 11.9 Å². The molecule has 0 bridgehead atoms. The molecule has 0 atom stereocenters. The maximum absolute atomic E-state index is 12.1. The first-order valence-corrected chi connectivity index (χ1v) is 19.4. The summed E-state index contributed by atoms with van der Waals surface area (Å²) in [6.45, 7) is 0. The van der Waals surface area contributed by atoms with Gasteiger partial charge in [0.15, 0.2) is 0 Å². The molecule has 0 spiro atoms. The van der Waals surface area contributed by atoms with E-state index in [1.807, 2.05) is 0 Å². The van der Waals surface area contributed by atoms with Gasteiger partial charge in [0, 0.05) is 0 Å². The van der Waals surface area contributed by atoms with Gasteiger partial charge in [-0.1, -0.05) is 12.1 Å². The second-order valence-corrected chi connectivity index (χ2v) is 16.1. The predicted molar refractivity (Wildman–Crippen MR) is 179 cm³/mol. The molecule has 4 aromatic carbocycles. The summed E-state index contributed by atoms with van der Waals surface area (Å²) < 4.78 is 131. The molecule has 22 nitrogen and oxygen atoms in total. The minimum atomic E-state index is -5.13. The minimum absolute atomic E-state index is 0.114. The number of azo groups is 2. The Morgan fingerprint density at radius 3 is 1.09 bits per heavy atom. The first-order chi connectivity index (χ1) is 24.3. The number of hydrogen-bond donors (Lipinski definition) is 8. The molecule has 0 aliphatic heterocycles. The first-order valence-electron chi connectivity index (χ1n) is 13.6. The Balaban J connectivity index is 1.70. The topological polar surface area (TPSA) is 394 Å². The number of rotatable bonds is 12. The standard InChI is InChI=1S/C27H22N6O16S4/c28-24-20(8-14(50(38,39)40)10-22(24)52(44,45)46)32-30-18-3-1-12(6-16(18)26(34)35)5-13-2-4-19(17(7-13)27(36)37)31-33-21-9-15(51(41,42)43)11-23(25(21)29)53(47,48)49/h1-4,6-11H,5,28-29H2,(H,34,35)(H,36,37)(H,38,39,40)(H,41,42,43)(H,44,45,46)(H,47,48,49). The Bertz CT molecular complexity index is 2550. The van der Waals surface area contributed by atoms with Gasteiger partial charge in [-0.25, -0.2) is 9.59 Å². The molecule has 0 amide bonds. The van der Waals surface area contributed by atoms with Crippen molar-refractivity contribution in [3.05, 3.63) is 82.9 Å². The molecule has 0 aliphatic rings. The summed E-state index contributed by atoms with van der Waals surface area (Å²) in [4.78, 5) is 19.8. The van der Waals surface area contributed by atoms with Crippen LogP contribution in [-0.2, 0) is 46.9 Å². The molecule has 26 heteroatoms. The zero-order chi connectivity index (χ0) is 39.8. The molecule has 0 aliphatic carbocycles. The quantitative estimate of drug-likeness (QED) is 0.0574. The van der Waals surface area contributed by atoms with Crippen molar-refractivity contribution in [1.29, 1.82) is 0 Å². The fourth-order valence-electron chi connectivity index (χ4n) is 4.42. The second-order valence-electron chi connectivity index (χ2n) is 10.5. The van der Waals surface area contributed by atoms with E-state index in [0.29, 0.717) is 24.3 Å². The van der Waals surface area contributed by atoms with E-state index < -0.39 is 106 Å². The third kappa shape index (κ3) is 9.39. The Morgan fingerprint density at radius 1 is 0.491 bits per heavy atom. The molecule has 53 heavy (non-hydrogen) atoms. The van der Waals surface area contributed by atoms with Crippen LogP contribution in [0.4, 0.5) is 34.1 Å². The van der Waals surface area contributed by atoms with Gasteiger partial charge in [0.05, 0.1) is 32.3 Å². The van der Waals surface area contributed by atoms with Gasteiger partial charge in [-0.15, -0.1) is 20.5 Å². The third-order valence-electron chi connectivity index (χ3n) is 6.86.